The molecule has 7 heteroatoms. The van der Waals surface area contributed by atoms with Crippen LogP contribution in [0.4, 0.5) is 10.2 Å². The molecule has 0 aliphatic carbocycles. The van der Waals surface area contributed by atoms with Gasteiger partial charge in [-0.25, -0.2) is 9.37 Å². The number of esters is 1. The Morgan fingerprint density at radius 3 is 2.70 bits per heavy atom. The summed E-state index contributed by atoms with van der Waals surface area (Å²) in [6, 6.07) is 8.98. The molecule has 0 unspecified atom stereocenters. The molecule has 0 aliphatic heterocycles. The summed E-state index contributed by atoms with van der Waals surface area (Å²) >= 11 is 5.69. The molecule has 2 rings (SSSR count). The second kappa shape index (κ2) is 7.69. The SMILES string of the molecule is C[C@H](OC(=O)Cc1ccccc1F)C(=O)Nc1ccc(Cl)cn1. The smallest absolute Gasteiger partial charge is 0.311 e. The zero-order chi connectivity index (χ0) is 16.8. The topological polar surface area (TPSA) is 68.3 Å². The molecular formula is C16H14ClFN2O3. The number of anilines is 1. The van der Waals surface area contributed by atoms with E-state index in [-0.39, 0.29) is 17.8 Å². The van der Waals surface area contributed by atoms with Crippen molar-refractivity contribution in [2.45, 2.75) is 19.4 Å². The van der Waals surface area contributed by atoms with E-state index < -0.39 is 23.8 Å². The highest BCUT2D eigenvalue weighted by Crippen LogP contribution is 2.11. The Morgan fingerprint density at radius 2 is 2.04 bits per heavy atom. The fourth-order valence-corrected chi connectivity index (χ4v) is 1.88. The summed E-state index contributed by atoms with van der Waals surface area (Å²) in [5.74, 6) is -1.44. The van der Waals surface area contributed by atoms with Crippen LogP contribution in [0, 0.1) is 5.82 Å². The van der Waals surface area contributed by atoms with E-state index in [1.165, 1.54) is 37.4 Å². The van der Waals surface area contributed by atoms with Gasteiger partial charge in [-0.2, -0.15) is 0 Å². The molecular weight excluding hydrogens is 323 g/mol. The van der Waals surface area contributed by atoms with Gasteiger partial charge < -0.3 is 10.1 Å². The molecule has 1 aromatic heterocycles. The summed E-state index contributed by atoms with van der Waals surface area (Å²) in [7, 11) is 0. The number of nitrogens with zero attached hydrogens (tertiary/aromatic N) is 1. The zero-order valence-electron chi connectivity index (χ0n) is 12.3. The van der Waals surface area contributed by atoms with Crippen LogP contribution in [-0.4, -0.2) is 23.0 Å². The highest BCUT2D eigenvalue weighted by atomic mass is 35.5. The first-order valence-electron chi connectivity index (χ1n) is 6.81. The number of pyridine rings is 1. The number of hydrogen-bond acceptors (Lipinski definition) is 4. The Bertz CT molecular complexity index is 707. The Kier molecular flexibility index (Phi) is 5.65. The zero-order valence-corrected chi connectivity index (χ0v) is 13.0. The summed E-state index contributed by atoms with van der Waals surface area (Å²) in [4.78, 5) is 27.6. The molecule has 0 saturated carbocycles. The molecule has 0 aliphatic rings. The molecule has 23 heavy (non-hydrogen) atoms. The van der Waals surface area contributed by atoms with Gasteiger partial charge >= 0.3 is 5.97 Å². The molecule has 1 N–H and O–H groups in total. The van der Waals surface area contributed by atoms with E-state index in [0.717, 1.165) is 0 Å². The third-order valence-corrected chi connectivity index (χ3v) is 3.17. The van der Waals surface area contributed by atoms with Crippen LogP contribution in [0.1, 0.15) is 12.5 Å². The molecule has 1 aromatic carbocycles. The maximum atomic E-state index is 13.5. The van der Waals surface area contributed by atoms with E-state index in [4.69, 9.17) is 16.3 Å². The Hall–Kier alpha value is -2.47. The number of carbonyl (C=O) groups is 2. The Labute approximate surface area is 137 Å². The lowest BCUT2D eigenvalue weighted by Gasteiger charge is -2.13. The summed E-state index contributed by atoms with van der Waals surface area (Å²) in [6.45, 7) is 1.42. The number of aromatic nitrogens is 1. The molecule has 120 valence electrons. The largest absolute Gasteiger partial charge is 0.452 e. The standard InChI is InChI=1S/C16H14ClFN2O3/c1-10(16(22)20-14-7-6-12(17)9-19-14)23-15(21)8-11-4-2-3-5-13(11)18/h2-7,9-10H,8H2,1H3,(H,19,20,22)/t10-/m0/s1. The van der Waals surface area contributed by atoms with Crippen molar-refractivity contribution in [3.63, 3.8) is 0 Å². The average molecular weight is 337 g/mol. The number of benzene rings is 1. The predicted molar refractivity (Wildman–Crippen MR) is 83.5 cm³/mol. The van der Waals surface area contributed by atoms with Gasteiger partial charge in [0, 0.05) is 6.20 Å². The predicted octanol–water partition coefficient (Wildman–Crippen LogP) is 2.99. The lowest BCUT2D eigenvalue weighted by Crippen LogP contribution is -2.30. The fourth-order valence-electron chi connectivity index (χ4n) is 1.77. The van der Waals surface area contributed by atoms with Crippen molar-refractivity contribution in [2.75, 3.05) is 5.32 Å². The lowest BCUT2D eigenvalue weighted by atomic mass is 10.1. The molecule has 0 saturated heterocycles. The van der Waals surface area contributed by atoms with Gasteiger partial charge in [-0.3, -0.25) is 9.59 Å². The van der Waals surface area contributed by atoms with E-state index >= 15 is 0 Å². The van der Waals surface area contributed by atoms with Gasteiger partial charge in [-0.05, 0) is 30.7 Å². The van der Waals surface area contributed by atoms with Crippen LogP contribution in [0.3, 0.4) is 0 Å². The van der Waals surface area contributed by atoms with E-state index in [9.17, 15) is 14.0 Å². The Balaban J connectivity index is 1.89. The summed E-state index contributed by atoms with van der Waals surface area (Å²) in [5.41, 5.74) is 0.212. The van der Waals surface area contributed by atoms with Crippen molar-refractivity contribution < 1.29 is 18.7 Å². The third kappa shape index (κ3) is 5.03. The number of ether oxygens (including phenoxy) is 1. The van der Waals surface area contributed by atoms with Crippen molar-refractivity contribution in [1.29, 1.82) is 0 Å². The molecule has 1 heterocycles. The minimum Gasteiger partial charge on any atom is -0.452 e. The average Bonchev–Trinajstić information content (AvgIpc) is 2.51. The number of carbonyl (C=O) groups excluding carboxylic acids is 2. The normalized spacial score (nSPS) is 11.6. The van der Waals surface area contributed by atoms with Crippen molar-refractivity contribution >= 4 is 29.3 Å². The van der Waals surface area contributed by atoms with Crippen molar-refractivity contribution in [2.24, 2.45) is 0 Å². The highest BCUT2D eigenvalue weighted by Gasteiger charge is 2.19. The van der Waals surface area contributed by atoms with Crippen LogP contribution in [0.15, 0.2) is 42.6 Å². The van der Waals surface area contributed by atoms with Gasteiger partial charge in [-0.15, -0.1) is 0 Å². The number of halogens is 2. The first-order chi connectivity index (χ1) is 11.0. The van der Waals surface area contributed by atoms with Gasteiger partial charge in [0.25, 0.3) is 5.91 Å². The lowest BCUT2D eigenvalue weighted by molar-refractivity contribution is -0.152. The number of nitrogens with one attached hydrogen (secondary N) is 1. The van der Waals surface area contributed by atoms with Crippen LogP contribution in [0.5, 0.6) is 0 Å². The van der Waals surface area contributed by atoms with Gasteiger partial charge in [0.05, 0.1) is 11.4 Å². The monoisotopic (exact) mass is 336 g/mol. The molecule has 1 atom stereocenters. The number of rotatable bonds is 5. The van der Waals surface area contributed by atoms with Crippen molar-refractivity contribution in [3.05, 3.63) is 59.0 Å². The van der Waals surface area contributed by atoms with Crippen LogP contribution in [0.2, 0.25) is 5.02 Å². The second-order valence-electron chi connectivity index (χ2n) is 4.75. The summed E-state index contributed by atoms with van der Waals surface area (Å²) in [6.07, 6.45) is 0.0990. The van der Waals surface area contributed by atoms with E-state index in [0.29, 0.717) is 5.02 Å². The van der Waals surface area contributed by atoms with Gasteiger partial charge in [0.2, 0.25) is 0 Å². The third-order valence-electron chi connectivity index (χ3n) is 2.95. The Morgan fingerprint density at radius 1 is 1.30 bits per heavy atom. The van der Waals surface area contributed by atoms with Crippen LogP contribution in [-0.2, 0) is 20.7 Å². The minimum atomic E-state index is -1.04. The summed E-state index contributed by atoms with van der Waals surface area (Å²) < 4.78 is 18.5. The van der Waals surface area contributed by atoms with E-state index in [1.54, 1.807) is 12.1 Å². The molecule has 0 spiro atoms. The first-order valence-corrected chi connectivity index (χ1v) is 7.19. The summed E-state index contributed by atoms with van der Waals surface area (Å²) in [5, 5.41) is 2.93. The van der Waals surface area contributed by atoms with Crippen molar-refractivity contribution in [1.82, 2.24) is 4.98 Å². The molecule has 1 amide bonds. The maximum Gasteiger partial charge on any atom is 0.311 e. The van der Waals surface area contributed by atoms with Crippen LogP contribution >= 0.6 is 11.6 Å². The van der Waals surface area contributed by atoms with E-state index in [2.05, 4.69) is 10.3 Å². The van der Waals surface area contributed by atoms with Gasteiger partial charge in [0.1, 0.15) is 11.6 Å². The number of hydrogen-bond donors (Lipinski definition) is 1. The second-order valence-corrected chi connectivity index (χ2v) is 5.19. The first kappa shape index (κ1) is 16.9. The highest BCUT2D eigenvalue weighted by molar-refractivity contribution is 6.30. The maximum absolute atomic E-state index is 13.5. The number of amides is 1. The molecule has 5 nitrogen and oxygen atoms in total. The van der Waals surface area contributed by atoms with E-state index in [1.807, 2.05) is 0 Å². The van der Waals surface area contributed by atoms with Crippen molar-refractivity contribution in [3.8, 4) is 0 Å². The van der Waals surface area contributed by atoms with Gasteiger partial charge in [-0.1, -0.05) is 29.8 Å². The minimum absolute atomic E-state index is 0.212. The molecule has 0 fully saturated rings. The molecule has 2 aromatic rings. The van der Waals surface area contributed by atoms with Crippen LogP contribution in [0.25, 0.3) is 0 Å². The van der Waals surface area contributed by atoms with Gasteiger partial charge in [0.15, 0.2) is 6.10 Å². The van der Waals surface area contributed by atoms with Crippen LogP contribution < -0.4 is 5.32 Å². The molecule has 0 radical (unpaired) electrons. The fraction of sp³-hybridized carbons (Fsp3) is 0.188. The molecule has 0 bridgehead atoms. The quantitative estimate of drug-likeness (QED) is 0.852.